The summed E-state index contributed by atoms with van der Waals surface area (Å²) in [6.07, 6.45) is 2.06. The number of rotatable bonds is 4. The van der Waals surface area contributed by atoms with Gasteiger partial charge in [0, 0.05) is 5.75 Å². The minimum atomic E-state index is -0.478. The highest BCUT2D eigenvalue weighted by molar-refractivity contribution is 7.99. The van der Waals surface area contributed by atoms with Crippen molar-refractivity contribution in [3.63, 3.8) is 0 Å². The lowest BCUT2D eigenvalue weighted by molar-refractivity contribution is -0.114. The maximum absolute atomic E-state index is 10.2. The Kier molecular flexibility index (Phi) is 2.76. The molecule has 62 valence electrons. The Morgan fingerprint density at radius 3 is 2.27 bits per heavy atom. The molecule has 0 aromatic heterocycles. The molecule has 0 spiro atoms. The first kappa shape index (κ1) is 8.39. The summed E-state index contributed by atoms with van der Waals surface area (Å²) in [6, 6.07) is 0. The molecule has 0 radical (unpaired) electrons. The Hall–Kier alpha value is -0.710. The molecule has 0 unspecified atom stereocenters. The number of carbonyl (C=O) groups is 2. The molecule has 0 atom stereocenters. The van der Waals surface area contributed by atoms with Gasteiger partial charge in [0.15, 0.2) is 0 Å². The van der Waals surface area contributed by atoms with Gasteiger partial charge in [0.05, 0.1) is 0 Å². The van der Waals surface area contributed by atoms with Crippen molar-refractivity contribution in [2.24, 2.45) is 0 Å². The second-order valence-corrected chi connectivity index (χ2v) is 3.51. The van der Waals surface area contributed by atoms with Crippen molar-refractivity contribution in [1.82, 2.24) is 10.6 Å². The minimum absolute atomic E-state index is 0.478. The highest BCUT2D eigenvalue weighted by Crippen LogP contribution is 2.24. The fourth-order valence-electron chi connectivity index (χ4n) is 1.06. The van der Waals surface area contributed by atoms with Crippen molar-refractivity contribution in [3.8, 4) is 0 Å². The SMILES string of the molecule is O=CNC1(NC=O)CCSC1. The van der Waals surface area contributed by atoms with E-state index in [1.807, 2.05) is 0 Å². The molecule has 4 nitrogen and oxygen atoms in total. The van der Waals surface area contributed by atoms with Crippen molar-refractivity contribution >= 4 is 24.6 Å². The van der Waals surface area contributed by atoms with Crippen molar-refractivity contribution in [2.45, 2.75) is 12.1 Å². The summed E-state index contributed by atoms with van der Waals surface area (Å²) in [7, 11) is 0. The zero-order valence-corrected chi connectivity index (χ0v) is 6.82. The van der Waals surface area contributed by atoms with E-state index in [-0.39, 0.29) is 0 Å². The summed E-state index contributed by atoms with van der Waals surface area (Å²) < 4.78 is 0. The van der Waals surface area contributed by atoms with E-state index in [9.17, 15) is 9.59 Å². The van der Waals surface area contributed by atoms with Crippen LogP contribution in [0.15, 0.2) is 0 Å². The summed E-state index contributed by atoms with van der Waals surface area (Å²) >= 11 is 1.72. The molecule has 2 N–H and O–H groups in total. The number of hydrogen-bond acceptors (Lipinski definition) is 3. The number of nitrogens with one attached hydrogen (secondary N) is 2. The largest absolute Gasteiger partial charge is 0.335 e. The molecule has 0 bridgehead atoms. The average Bonchev–Trinajstić information content (AvgIpc) is 2.39. The number of amides is 2. The van der Waals surface area contributed by atoms with E-state index < -0.39 is 5.66 Å². The molecule has 0 saturated carbocycles. The van der Waals surface area contributed by atoms with Crippen molar-refractivity contribution < 1.29 is 9.59 Å². The van der Waals surface area contributed by atoms with E-state index in [0.29, 0.717) is 12.8 Å². The lowest BCUT2D eigenvalue weighted by Crippen LogP contribution is -2.56. The Bertz CT molecular complexity index is 145. The molecule has 1 aliphatic rings. The first-order valence-corrected chi connectivity index (χ1v) is 4.49. The maximum Gasteiger partial charge on any atom is 0.208 e. The molecule has 1 aliphatic heterocycles. The Morgan fingerprint density at radius 2 is 1.91 bits per heavy atom. The topological polar surface area (TPSA) is 58.2 Å². The molecule has 1 rings (SSSR count). The highest BCUT2D eigenvalue weighted by Gasteiger charge is 2.32. The van der Waals surface area contributed by atoms with Crippen LogP contribution in [0.4, 0.5) is 0 Å². The molecular formula is C6H10N2O2S. The molecule has 2 amide bonds. The van der Waals surface area contributed by atoms with E-state index in [1.165, 1.54) is 0 Å². The standard InChI is InChI=1S/C6H10N2O2S/c9-4-7-6(8-5-10)1-2-11-3-6/h4-5H,1-3H2,(H,7,9)(H,8,10). The molecule has 0 aromatic carbocycles. The van der Waals surface area contributed by atoms with Gasteiger partial charge in [0.2, 0.25) is 12.8 Å². The predicted molar refractivity (Wildman–Crippen MR) is 43.1 cm³/mol. The average molecular weight is 174 g/mol. The van der Waals surface area contributed by atoms with Crippen LogP contribution in [0.2, 0.25) is 0 Å². The van der Waals surface area contributed by atoms with Crippen LogP contribution < -0.4 is 10.6 Å². The summed E-state index contributed by atoms with van der Waals surface area (Å²) in [6.45, 7) is 0. The second kappa shape index (κ2) is 3.61. The van der Waals surface area contributed by atoms with E-state index in [0.717, 1.165) is 17.9 Å². The minimum Gasteiger partial charge on any atom is -0.335 e. The summed E-state index contributed by atoms with van der Waals surface area (Å²) in [5, 5.41) is 5.23. The van der Waals surface area contributed by atoms with Crippen LogP contribution >= 0.6 is 11.8 Å². The molecule has 1 heterocycles. The summed E-state index contributed by atoms with van der Waals surface area (Å²) in [4.78, 5) is 20.3. The van der Waals surface area contributed by atoms with Crippen LogP contribution in [0.5, 0.6) is 0 Å². The van der Waals surface area contributed by atoms with Gasteiger partial charge in [-0.25, -0.2) is 0 Å². The zero-order chi connectivity index (χ0) is 8.16. The smallest absolute Gasteiger partial charge is 0.208 e. The van der Waals surface area contributed by atoms with Gasteiger partial charge in [-0.1, -0.05) is 0 Å². The third kappa shape index (κ3) is 1.86. The van der Waals surface area contributed by atoms with Crippen molar-refractivity contribution in [3.05, 3.63) is 0 Å². The zero-order valence-electron chi connectivity index (χ0n) is 6.00. The van der Waals surface area contributed by atoms with Gasteiger partial charge in [0.25, 0.3) is 0 Å². The van der Waals surface area contributed by atoms with E-state index in [4.69, 9.17) is 0 Å². The van der Waals surface area contributed by atoms with E-state index >= 15 is 0 Å². The quantitative estimate of drug-likeness (QED) is 0.438. The maximum atomic E-state index is 10.2. The number of carbonyl (C=O) groups excluding carboxylic acids is 2. The monoisotopic (exact) mass is 174 g/mol. The Labute approximate surface area is 69.1 Å². The van der Waals surface area contributed by atoms with Gasteiger partial charge in [-0.2, -0.15) is 11.8 Å². The van der Waals surface area contributed by atoms with Crippen LogP contribution in [-0.4, -0.2) is 30.0 Å². The van der Waals surface area contributed by atoms with Gasteiger partial charge in [-0.15, -0.1) is 0 Å². The van der Waals surface area contributed by atoms with Gasteiger partial charge >= 0.3 is 0 Å². The first-order valence-electron chi connectivity index (χ1n) is 3.33. The van der Waals surface area contributed by atoms with Crippen molar-refractivity contribution in [2.75, 3.05) is 11.5 Å². The Morgan fingerprint density at radius 1 is 1.27 bits per heavy atom. The van der Waals surface area contributed by atoms with Crippen LogP contribution in [0.1, 0.15) is 6.42 Å². The summed E-state index contributed by atoms with van der Waals surface area (Å²) in [5.74, 6) is 1.73. The van der Waals surface area contributed by atoms with Gasteiger partial charge in [-0.3, -0.25) is 9.59 Å². The van der Waals surface area contributed by atoms with Crippen LogP contribution in [-0.2, 0) is 9.59 Å². The summed E-state index contributed by atoms with van der Waals surface area (Å²) in [5.41, 5.74) is -0.478. The third-order valence-electron chi connectivity index (χ3n) is 1.69. The predicted octanol–water partition coefficient (Wildman–Crippen LogP) is -0.688. The molecule has 5 heteroatoms. The van der Waals surface area contributed by atoms with Gasteiger partial charge < -0.3 is 10.6 Å². The first-order chi connectivity index (χ1) is 5.33. The fourth-order valence-corrected chi connectivity index (χ4v) is 2.36. The van der Waals surface area contributed by atoms with Crippen LogP contribution in [0.25, 0.3) is 0 Å². The van der Waals surface area contributed by atoms with Crippen LogP contribution in [0.3, 0.4) is 0 Å². The van der Waals surface area contributed by atoms with Gasteiger partial charge in [0.1, 0.15) is 5.66 Å². The number of thioether (sulfide) groups is 1. The van der Waals surface area contributed by atoms with Crippen LogP contribution in [0, 0.1) is 0 Å². The van der Waals surface area contributed by atoms with Crippen molar-refractivity contribution in [1.29, 1.82) is 0 Å². The van der Waals surface area contributed by atoms with E-state index in [2.05, 4.69) is 10.6 Å². The normalized spacial score (nSPS) is 20.7. The van der Waals surface area contributed by atoms with Gasteiger partial charge in [-0.05, 0) is 12.2 Å². The molecule has 0 aromatic rings. The molecule has 0 aliphatic carbocycles. The molecule has 1 saturated heterocycles. The second-order valence-electron chi connectivity index (χ2n) is 2.41. The third-order valence-corrected chi connectivity index (χ3v) is 2.88. The lowest BCUT2D eigenvalue weighted by atomic mass is 10.1. The van der Waals surface area contributed by atoms with E-state index in [1.54, 1.807) is 11.8 Å². The molecule has 1 fully saturated rings. The fraction of sp³-hybridized carbons (Fsp3) is 0.667. The lowest BCUT2D eigenvalue weighted by Gasteiger charge is -2.26. The molecule has 11 heavy (non-hydrogen) atoms. The Balaban J connectivity index is 2.53. The highest BCUT2D eigenvalue weighted by atomic mass is 32.2. The number of hydrogen-bond donors (Lipinski definition) is 2. The molecular weight excluding hydrogens is 164 g/mol.